The van der Waals surface area contributed by atoms with Crippen LogP contribution in [0.5, 0.6) is 11.5 Å². The van der Waals surface area contributed by atoms with Crippen molar-refractivity contribution in [2.45, 2.75) is 26.2 Å². The third kappa shape index (κ3) is 11.9. The summed E-state index contributed by atoms with van der Waals surface area (Å²) in [7, 11) is 3.41. The number of nitrogens with zero attached hydrogens (tertiary/aromatic N) is 1. The van der Waals surface area contributed by atoms with Gasteiger partial charge in [-0.05, 0) is 37.1 Å². The summed E-state index contributed by atoms with van der Waals surface area (Å²) in [6, 6.07) is 7.55. The molecule has 0 amide bonds. The Morgan fingerprint density at radius 1 is 0.960 bits per heavy atom. The Morgan fingerprint density at radius 3 is 2.24 bits per heavy atom. The van der Waals surface area contributed by atoms with E-state index >= 15 is 0 Å². The fraction of sp³-hybridized carbons (Fsp3) is 0.611. The molecule has 0 heterocycles. The number of aliphatic imine (C=N–C) groups is 1. The summed E-state index contributed by atoms with van der Waals surface area (Å²) < 4.78 is 16.3. The molecule has 2 N–H and O–H groups in total. The molecule has 0 fully saturated rings. The molecule has 0 atom stereocenters. The molecule has 0 aliphatic carbocycles. The van der Waals surface area contributed by atoms with E-state index in [1.807, 2.05) is 24.3 Å². The minimum atomic E-state index is 0. The third-order valence-electron chi connectivity index (χ3n) is 3.35. The van der Waals surface area contributed by atoms with Crippen molar-refractivity contribution >= 4 is 29.9 Å². The van der Waals surface area contributed by atoms with Crippen molar-refractivity contribution in [3.8, 4) is 11.5 Å². The van der Waals surface area contributed by atoms with Crippen molar-refractivity contribution in [1.82, 2.24) is 10.6 Å². The minimum absolute atomic E-state index is 0. The normalized spacial score (nSPS) is 10.8. The van der Waals surface area contributed by atoms with Gasteiger partial charge in [-0.15, -0.1) is 24.0 Å². The summed E-state index contributed by atoms with van der Waals surface area (Å²) in [6.07, 6.45) is 3.27. The molecule has 0 spiro atoms. The van der Waals surface area contributed by atoms with Crippen molar-refractivity contribution in [2.24, 2.45) is 4.99 Å². The van der Waals surface area contributed by atoms with Crippen molar-refractivity contribution in [1.29, 1.82) is 0 Å². The fourth-order valence-electron chi connectivity index (χ4n) is 1.96. The van der Waals surface area contributed by atoms with Gasteiger partial charge in [0.25, 0.3) is 0 Å². The van der Waals surface area contributed by atoms with E-state index in [0.717, 1.165) is 50.1 Å². The van der Waals surface area contributed by atoms with E-state index in [1.54, 1.807) is 14.2 Å². The van der Waals surface area contributed by atoms with Gasteiger partial charge in [-0.25, -0.2) is 0 Å². The van der Waals surface area contributed by atoms with Crippen LogP contribution in [0.3, 0.4) is 0 Å². The molecule has 0 aromatic heterocycles. The average Bonchev–Trinajstić information content (AvgIpc) is 2.63. The summed E-state index contributed by atoms with van der Waals surface area (Å²) in [5.74, 6) is 2.43. The Kier molecular flexibility index (Phi) is 15.5. The molecule has 0 aliphatic heterocycles. The van der Waals surface area contributed by atoms with Crippen LogP contribution in [0.4, 0.5) is 0 Å². The van der Waals surface area contributed by atoms with Crippen LogP contribution in [-0.2, 0) is 4.74 Å². The van der Waals surface area contributed by atoms with E-state index < -0.39 is 0 Å². The first kappa shape index (κ1) is 23.8. The molecule has 144 valence electrons. The number of hydrogen-bond acceptors (Lipinski definition) is 4. The van der Waals surface area contributed by atoms with E-state index in [0.29, 0.717) is 13.2 Å². The minimum Gasteiger partial charge on any atom is -0.497 e. The number of hydrogen-bond donors (Lipinski definition) is 2. The summed E-state index contributed by atoms with van der Waals surface area (Å²) in [4.78, 5) is 4.18. The first-order chi connectivity index (χ1) is 11.8. The number of unbranched alkanes of at least 4 members (excludes halogenated alkanes) is 1. The largest absolute Gasteiger partial charge is 0.497 e. The van der Waals surface area contributed by atoms with E-state index in [-0.39, 0.29) is 24.0 Å². The summed E-state index contributed by atoms with van der Waals surface area (Å²) in [5, 5.41) is 6.48. The van der Waals surface area contributed by atoms with Crippen LogP contribution in [0.25, 0.3) is 0 Å². The zero-order chi connectivity index (χ0) is 17.5. The molecule has 0 saturated carbocycles. The van der Waals surface area contributed by atoms with Gasteiger partial charge < -0.3 is 24.8 Å². The van der Waals surface area contributed by atoms with Gasteiger partial charge in [-0.2, -0.15) is 0 Å². The molecule has 25 heavy (non-hydrogen) atoms. The first-order valence-electron chi connectivity index (χ1n) is 8.59. The molecule has 6 nitrogen and oxygen atoms in total. The Morgan fingerprint density at radius 2 is 1.60 bits per heavy atom. The van der Waals surface area contributed by atoms with E-state index in [4.69, 9.17) is 14.2 Å². The fourth-order valence-corrected chi connectivity index (χ4v) is 1.96. The van der Waals surface area contributed by atoms with Gasteiger partial charge in [0, 0.05) is 26.8 Å². The highest BCUT2D eigenvalue weighted by molar-refractivity contribution is 14.0. The molecule has 1 rings (SSSR count). The number of methoxy groups -OCH3 is 1. The molecular formula is C18H32IN3O3. The summed E-state index contributed by atoms with van der Waals surface area (Å²) in [5.41, 5.74) is 0. The van der Waals surface area contributed by atoms with Gasteiger partial charge >= 0.3 is 0 Å². The number of halogens is 1. The van der Waals surface area contributed by atoms with Gasteiger partial charge in [-0.1, -0.05) is 13.3 Å². The number of benzene rings is 1. The second-order valence-electron chi connectivity index (χ2n) is 5.27. The Labute approximate surface area is 168 Å². The maximum Gasteiger partial charge on any atom is 0.191 e. The second kappa shape index (κ2) is 16.3. The lowest BCUT2D eigenvalue weighted by molar-refractivity contribution is 0.129. The highest BCUT2D eigenvalue weighted by atomic mass is 127. The lowest BCUT2D eigenvalue weighted by Gasteiger charge is -2.12. The Bertz CT molecular complexity index is 455. The lowest BCUT2D eigenvalue weighted by Crippen LogP contribution is -2.39. The number of nitrogens with one attached hydrogen (secondary N) is 2. The molecule has 0 bridgehead atoms. The van der Waals surface area contributed by atoms with Gasteiger partial charge in [0.05, 0.1) is 13.7 Å². The molecule has 0 aliphatic rings. The van der Waals surface area contributed by atoms with Crippen LogP contribution < -0.4 is 20.1 Å². The van der Waals surface area contributed by atoms with Crippen molar-refractivity contribution in [3.05, 3.63) is 24.3 Å². The topological polar surface area (TPSA) is 64.1 Å². The predicted octanol–water partition coefficient (Wildman–Crippen LogP) is 3.06. The summed E-state index contributed by atoms with van der Waals surface area (Å²) in [6.45, 7) is 5.88. The maximum absolute atomic E-state index is 5.66. The zero-order valence-electron chi connectivity index (χ0n) is 15.5. The number of ether oxygens (including phenoxy) is 3. The third-order valence-corrected chi connectivity index (χ3v) is 3.35. The Hall–Kier alpha value is -1.22. The SMILES string of the molecule is CCCCOCCCNC(=NC)NCCOc1ccc(OC)cc1.I. The van der Waals surface area contributed by atoms with Crippen LogP contribution >= 0.6 is 24.0 Å². The van der Waals surface area contributed by atoms with Crippen LogP contribution in [-0.4, -0.2) is 53.0 Å². The van der Waals surface area contributed by atoms with Crippen LogP contribution in [0, 0.1) is 0 Å². The highest BCUT2D eigenvalue weighted by Gasteiger charge is 1.98. The molecule has 0 radical (unpaired) electrons. The number of guanidine groups is 1. The van der Waals surface area contributed by atoms with E-state index in [1.165, 1.54) is 6.42 Å². The Balaban J connectivity index is 0.00000576. The predicted molar refractivity (Wildman–Crippen MR) is 114 cm³/mol. The van der Waals surface area contributed by atoms with Gasteiger partial charge in [-0.3, -0.25) is 4.99 Å². The average molecular weight is 465 g/mol. The highest BCUT2D eigenvalue weighted by Crippen LogP contribution is 2.16. The van der Waals surface area contributed by atoms with Crippen LogP contribution in [0.15, 0.2) is 29.3 Å². The molecule has 7 heteroatoms. The molecule has 1 aromatic carbocycles. The standard InChI is InChI=1S/C18H31N3O3.HI/c1-4-5-13-23-14-6-11-20-18(19-2)21-12-15-24-17-9-7-16(22-3)8-10-17;/h7-10H,4-6,11-15H2,1-3H3,(H2,19,20,21);1H. The molecule has 1 aromatic rings. The van der Waals surface area contributed by atoms with Gasteiger partial charge in [0.15, 0.2) is 5.96 Å². The second-order valence-corrected chi connectivity index (χ2v) is 5.27. The zero-order valence-corrected chi connectivity index (χ0v) is 17.9. The van der Waals surface area contributed by atoms with Gasteiger partial charge in [0.2, 0.25) is 0 Å². The van der Waals surface area contributed by atoms with Crippen molar-refractivity contribution in [3.63, 3.8) is 0 Å². The van der Waals surface area contributed by atoms with E-state index in [2.05, 4.69) is 22.5 Å². The van der Waals surface area contributed by atoms with Crippen molar-refractivity contribution < 1.29 is 14.2 Å². The van der Waals surface area contributed by atoms with Crippen LogP contribution in [0.2, 0.25) is 0 Å². The lowest BCUT2D eigenvalue weighted by atomic mass is 10.3. The molecule has 0 unspecified atom stereocenters. The van der Waals surface area contributed by atoms with Gasteiger partial charge in [0.1, 0.15) is 18.1 Å². The molecule has 0 saturated heterocycles. The first-order valence-corrected chi connectivity index (χ1v) is 8.59. The monoisotopic (exact) mass is 465 g/mol. The smallest absolute Gasteiger partial charge is 0.191 e. The van der Waals surface area contributed by atoms with Crippen molar-refractivity contribution in [2.75, 3.05) is 47.1 Å². The quantitative estimate of drug-likeness (QED) is 0.215. The summed E-state index contributed by atoms with van der Waals surface area (Å²) >= 11 is 0. The van der Waals surface area contributed by atoms with E-state index in [9.17, 15) is 0 Å². The number of rotatable bonds is 12. The molecular weight excluding hydrogens is 433 g/mol. The maximum atomic E-state index is 5.66. The van der Waals surface area contributed by atoms with Crippen LogP contribution in [0.1, 0.15) is 26.2 Å².